The maximum absolute atomic E-state index is 12.5. The molecule has 0 unspecified atom stereocenters. The predicted octanol–water partition coefficient (Wildman–Crippen LogP) is 3.44. The number of nitrogens with one attached hydrogen (secondary N) is 3. The fourth-order valence-electron chi connectivity index (χ4n) is 4.25. The minimum absolute atomic E-state index is 0.0760. The Balaban J connectivity index is 1.26. The highest BCUT2D eigenvalue weighted by Crippen LogP contribution is 2.31. The number of amides is 1. The van der Waals surface area contributed by atoms with Crippen molar-refractivity contribution in [3.63, 3.8) is 0 Å². The molecule has 0 saturated carbocycles. The Bertz CT molecular complexity index is 1350. The van der Waals surface area contributed by atoms with E-state index >= 15 is 0 Å². The van der Waals surface area contributed by atoms with Crippen molar-refractivity contribution in [3.8, 4) is 17.0 Å². The van der Waals surface area contributed by atoms with E-state index in [4.69, 9.17) is 16.3 Å². The molecule has 1 saturated heterocycles. The van der Waals surface area contributed by atoms with Gasteiger partial charge in [-0.05, 0) is 42.5 Å². The predicted molar refractivity (Wildman–Crippen MR) is 141 cm³/mol. The van der Waals surface area contributed by atoms with Crippen molar-refractivity contribution in [1.82, 2.24) is 29.9 Å². The van der Waals surface area contributed by atoms with Crippen molar-refractivity contribution < 1.29 is 9.53 Å². The van der Waals surface area contributed by atoms with Crippen LogP contribution in [0.5, 0.6) is 5.75 Å². The molecule has 1 amide bonds. The molecule has 1 aliphatic rings. The van der Waals surface area contributed by atoms with Gasteiger partial charge in [0.1, 0.15) is 5.75 Å². The van der Waals surface area contributed by atoms with Gasteiger partial charge in [0, 0.05) is 68.5 Å². The molecule has 1 aliphatic heterocycles. The lowest BCUT2D eigenvalue weighted by Gasteiger charge is -2.27. The summed E-state index contributed by atoms with van der Waals surface area (Å²) in [5, 5.41) is 10.2. The summed E-state index contributed by atoms with van der Waals surface area (Å²) in [7, 11) is 1.59. The lowest BCUT2D eigenvalue weighted by atomic mass is 10.1. The number of anilines is 2. The summed E-state index contributed by atoms with van der Waals surface area (Å²) >= 11 is 6.32. The molecular formula is C26H28ClN7O2. The van der Waals surface area contributed by atoms with Crippen LogP contribution < -0.4 is 20.7 Å². The van der Waals surface area contributed by atoms with Crippen molar-refractivity contribution in [2.75, 3.05) is 51.7 Å². The second-order valence-electron chi connectivity index (χ2n) is 8.51. The topological polar surface area (TPSA) is 95.8 Å². The molecule has 0 bridgehead atoms. The summed E-state index contributed by atoms with van der Waals surface area (Å²) in [6.45, 7) is 5.53. The molecule has 0 atom stereocenters. The summed E-state index contributed by atoms with van der Waals surface area (Å²) in [6.07, 6.45) is 5.36. The van der Waals surface area contributed by atoms with Crippen molar-refractivity contribution >= 4 is 34.7 Å². The van der Waals surface area contributed by atoms with Crippen LogP contribution in [-0.2, 0) is 0 Å². The number of imidazole rings is 1. The Hall–Kier alpha value is -3.66. The molecule has 0 aliphatic carbocycles. The average Bonchev–Trinajstić information content (AvgIpc) is 3.35. The first kappa shape index (κ1) is 24.1. The zero-order valence-corrected chi connectivity index (χ0v) is 20.8. The van der Waals surface area contributed by atoms with Crippen LogP contribution in [0.4, 0.5) is 11.5 Å². The highest BCUT2D eigenvalue weighted by atomic mass is 35.5. The zero-order valence-electron chi connectivity index (χ0n) is 20.0. The summed E-state index contributed by atoms with van der Waals surface area (Å²) in [6, 6.07) is 13.0. The van der Waals surface area contributed by atoms with Gasteiger partial charge in [-0.25, -0.2) is 9.97 Å². The number of halogens is 1. The average molecular weight is 506 g/mol. The fraction of sp³-hybridized carbons (Fsp3) is 0.269. The molecule has 186 valence electrons. The summed E-state index contributed by atoms with van der Waals surface area (Å²) in [5.41, 5.74) is 3.90. The van der Waals surface area contributed by atoms with Crippen LogP contribution in [0.25, 0.3) is 16.9 Å². The van der Waals surface area contributed by atoms with E-state index in [1.165, 1.54) is 0 Å². The van der Waals surface area contributed by atoms with Gasteiger partial charge in [-0.15, -0.1) is 0 Å². The summed E-state index contributed by atoms with van der Waals surface area (Å²) < 4.78 is 7.21. The van der Waals surface area contributed by atoms with Gasteiger partial charge in [-0.2, -0.15) is 0 Å². The van der Waals surface area contributed by atoms with E-state index in [1.54, 1.807) is 31.6 Å². The molecular weight excluding hydrogens is 478 g/mol. The number of ether oxygens (including phenoxy) is 1. The minimum atomic E-state index is -0.0760. The van der Waals surface area contributed by atoms with Crippen LogP contribution in [0, 0.1) is 0 Å². The maximum atomic E-state index is 12.5. The van der Waals surface area contributed by atoms with Crippen LogP contribution in [0.2, 0.25) is 5.02 Å². The number of nitrogens with zero attached hydrogens (tertiary/aromatic N) is 4. The van der Waals surface area contributed by atoms with Crippen LogP contribution in [0.15, 0.2) is 61.1 Å². The van der Waals surface area contributed by atoms with E-state index in [0.717, 1.165) is 49.7 Å². The molecule has 36 heavy (non-hydrogen) atoms. The Labute approximate surface area is 214 Å². The highest BCUT2D eigenvalue weighted by molar-refractivity contribution is 6.32. The van der Waals surface area contributed by atoms with E-state index in [2.05, 4.69) is 30.8 Å². The first-order valence-corrected chi connectivity index (χ1v) is 12.2. The third-order valence-corrected chi connectivity index (χ3v) is 6.50. The largest absolute Gasteiger partial charge is 0.495 e. The number of rotatable bonds is 8. The number of aromatic nitrogens is 3. The zero-order chi connectivity index (χ0) is 24.9. The molecule has 0 radical (unpaired) electrons. The van der Waals surface area contributed by atoms with Gasteiger partial charge in [0.05, 0.1) is 24.0 Å². The monoisotopic (exact) mass is 505 g/mol. The first-order valence-electron chi connectivity index (χ1n) is 11.9. The van der Waals surface area contributed by atoms with Crippen LogP contribution in [0.3, 0.4) is 0 Å². The Morgan fingerprint density at radius 1 is 1.14 bits per heavy atom. The van der Waals surface area contributed by atoms with Gasteiger partial charge in [0.2, 0.25) is 0 Å². The first-order chi connectivity index (χ1) is 17.6. The second-order valence-corrected chi connectivity index (χ2v) is 8.92. The van der Waals surface area contributed by atoms with Gasteiger partial charge in [0.25, 0.3) is 5.91 Å². The van der Waals surface area contributed by atoms with E-state index < -0.39 is 0 Å². The lowest BCUT2D eigenvalue weighted by Crippen LogP contribution is -2.46. The van der Waals surface area contributed by atoms with Gasteiger partial charge in [-0.3, -0.25) is 14.1 Å². The molecule has 2 aromatic carbocycles. The van der Waals surface area contributed by atoms with Gasteiger partial charge in [0.15, 0.2) is 11.5 Å². The van der Waals surface area contributed by atoms with E-state index in [9.17, 15) is 4.79 Å². The summed E-state index contributed by atoms with van der Waals surface area (Å²) in [5.74, 6) is 1.15. The molecule has 3 N–H and O–H groups in total. The third-order valence-electron chi connectivity index (χ3n) is 6.21. The standard InChI is InChI=1S/C26H28ClN7O2/c1-36-23-7-4-19(16-21(23)27)22-17-31-25-24(29-11-15-34(22)25)32-20-5-2-18(3-6-20)26(35)30-10-14-33-12-8-28-9-13-33/h2-7,11,15-17,28H,8-10,12-14H2,1H3,(H,29,32)(H,30,35). The highest BCUT2D eigenvalue weighted by Gasteiger charge is 2.13. The molecule has 5 rings (SSSR count). The Kier molecular flexibility index (Phi) is 7.31. The third kappa shape index (κ3) is 5.28. The normalized spacial score (nSPS) is 14.1. The van der Waals surface area contributed by atoms with Gasteiger partial charge >= 0.3 is 0 Å². The number of carbonyl (C=O) groups is 1. The van der Waals surface area contributed by atoms with Crippen LogP contribution in [0.1, 0.15) is 10.4 Å². The fourth-order valence-corrected chi connectivity index (χ4v) is 4.51. The number of fused-ring (bicyclic) bond motifs is 1. The Morgan fingerprint density at radius 3 is 2.69 bits per heavy atom. The van der Waals surface area contributed by atoms with Crippen LogP contribution in [-0.4, -0.2) is 71.6 Å². The van der Waals surface area contributed by atoms with Crippen molar-refractivity contribution in [2.45, 2.75) is 0 Å². The van der Waals surface area contributed by atoms with Gasteiger partial charge in [-0.1, -0.05) is 11.6 Å². The van der Waals surface area contributed by atoms with E-state index in [1.807, 2.05) is 40.9 Å². The van der Waals surface area contributed by atoms with E-state index in [-0.39, 0.29) is 5.91 Å². The quantitative estimate of drug-likeness (QED) is 0.337. The second kappa shape index (κ2) is 10.9. The smallest absolute Gasteiger partial charge is 0.251 e. The van der Waals surface area contributed by atoms with Crippen LogP contribution >= 0.6 is 11.6 Å². The number of benzene rings is 2. The molecule has 2 aromatic heterocycles. The number of carbonyl (C=O) groups excluding carboxylic acids is 1. The molecule has 1 fully saturated rings. The SMILES string of the molecule is COc1ccc(-c2cnc3c(Nc4ccc(C(=O)NCCN5CCNCC5)cc4)nccn23)cc1Cl. The Morgan fingerprint density at radius 2 is 1.94 bits per heavy atom. The molecule has 4 aromatic rings. The minimum Gasteiger partial charge on any atom is -0.495 e. The molecule has 3 heterocycles. The molecule has 0 spiro atoms. The van der Waals surface area contributed by atoms with E-state index in [0.29, 0.717) is 34.3 Å². The van der Waals surface area contributed by atoms with Crippen molar-refractivity contribution in [1.29, 1.82) is 0 Å². The van der Waals surface area contributed by atoms with Crippen molar-refractivity contribution in [3.05, 3.63) is 71.6 Å². The molecule has 10 heteroatoms. The molecule has 9 nitrogen and oxygen atoms in total. The van der Waals surface area contributed by atoms with Gasteiger partial charge < -0.3 is 20.7 Å². The van der Waals surface area contributed by atoms with Crippen molar-refractivity contribution in [2.24, 2.45) is 0 Å². The number of hydrogen-bond donors (Lipinski definition) is 3. The summed E-state index contributed by atoms with van der Waals surface area (Å²) in [4.78, 5) is 23.9. The lowest BCUT2D eigenvalue weighted by molar-refractivity contribution is 0.0947. The maximum Gasteiger partial charge on any atom is 0.251 e. The number of piperazine rings is 1. The number of hydrogen-bond acceptors (Lipinski definition) is 7. The number of methoxy groups -OCH3 is 1.